The molecule has 1 aliphatic rings. The molecule has 3 aromatic rings. The first kappa shape index (κ1) is 27.9. The van der Waals surface area contributed by atoms with Gasteiger partial charge in [0.2, 0.25) is 12.3 Å². The van der Waals surface area contributed by atoms with Gasteiger partial charge in [-0.2, -0.15) is 5.10 Å². The first-order valence-electron chi connectivity index (χ1n) is 11.8. The molecule has 0 atom stereocenters. The lowest BCUT2D eigenvalue weighted by Crippen LogP contribution is -2.35. The van der Waals surface area contributed by atoms with Crippen molar-refractivity contribution >= 4 is 57.8 Å². The van der Waals surface area contributed by atoms with Crippen molar-refractivity contribution in [2.24, 2.45) is 10.8 Å². The summed E-state index contributed by atoms with van der Waals surface area (Å²) >= 11 is 0. The third kappa shape index (κ3) is 6.73. The van der Waals surface area contributed by atoms with Gasteiger partial charge in [0, 0.05) is 25.0 Å². The van der Waals surface area contributed by atoms with Crippen molar-refractivity contribution in [3.63, 3.8) is 0 Å². The summed E-state index contributed by atoms with van der Waals surface area (Å²) < 4.78 is 4.98. The standard InChI is InChI=1S/C14H19N3O2.C12H13N5O2/c1-15(2)9-14(19)16(3)12-4-5-13-11(8-12)6-7-17(13)10-18;1-2-3-9(12(14)18)16-15-7-4-5-10-8(6-7)11(13)17-19-10/h4-5,8,10H,6-7,9H2,1-3H3;2-6,15H,1H3,(H2,13,17)(H2,14,18)/b;3-2+,16-9+. The number of primary amides is 1. The molecule has 5 N–H and O–H groups in total. The number of fused-ring (bicyclic) bond motifs is 2. The summed E-state index contributed by atoms with van der Waals surface area (Å²) in [6, 6.07) is 10.9. The largest absolute Gasteiger partial charge is 0.380 e. The highest BCUT2D eigenvalue weighted by Crippen LogP contribution is 2.30. The van der Waals surface area contributed by atoms with Gasteiger partial charge in [-0.25, -0.2) is 0 Å². The number of hydrogen-bond donors (Lipinski definition) is 3. The van der Waals surface area contributed by atoms with Gasteiger partial charge in [-0.15, -0.1) is 0 Å². The van der Waals surface area contributed by atoms with E-state index in [9.17, 15) is 14.4 Å². The van der Waals surface area contributed by atoms with Gasteiger partial charge in [0.1, 0.15) is 5.71 Å². The number of benzene rings is 2. The van der Waals surface area contributed by atoms with Crippen LogP contribution in [0.5, 0.6) is 0 Å². The Labute approximate surface area is 220 Å². The molecule has 0 fully saturated rings. The van der Waals surface area contributed by atoms with Crippen molar-refractivity contribution in [1.29, 1.82) is 0 Å². The van der Waals surface area contributed by atoms with Crippen molar-refractivity contribution in [1.82, 2.24) is 10.1 Å². The third-order valence-corrected chi connectivity index (χ3v) is 5.71. The molecule has 12 nitrogen and oxygen atoms in total. The zero-order chi connectivity index (χ0) is 27.8. The second kappa shape index (κ2) is 12.5. The lowest BCUT2D eigenvalue weighted by molar-refractivity contribution is -0.119. The number of amides is 3. The summed E-state index contributed by atoms with van der Waals surface area (Å²) in [5.41, 5.74) is 17.8. The Morgan fingerprint density at radius 2 is 1.97 bits per heavy atom. The zero-order valence-corrected chi connectivity index (χ0v) is 21.8. The number of carbonyl (C=O) groups is 3. The SMILES string of the molecule is C/C=C/C(=N\Nc1ccc2onc(N)c2c1)C(N)=O.CN(C)CC(=O)N(C)c1ccc2c(c1)CCN2C=O. The van der Waals surface area contributed by atoms with Crippen molar-refractivity contribution in [3.05, 3.63) is 54.1 Å². The molecule has 38 heavy (non-hydrogen) atoms. The first-order chi connectivity index (χ1) is 18.1. The van der Waals surface area contributed by atoms with Gasteiger partial charge in [-0.3, -0.25) is 19.8 Å². The fourth-order valence-electron chi connectivity index (χ4n) is 3.74. The molecular formula is C26H32N8O4. The molecule has 0 saturated carbocycles. The lowest BCUT2D eigenvalue weighted by Gasteiger charge is -2.20. The van der Waals surface area contributed by atoms with Crippen LogP contribution in [0.2, 0.25) is 0 Å². The average molecular weight is 521 g/mol. The van der Waals surface area contributed by atoms with Crippen LogP contribution in [0.3, 0.4) is 0 Å². The van der Waals surface area contributed by atoms with Crippen molar-refractivity contribution in [2.75, 3.05) is 55.2 Å². The van der Waals surface area contributed by atoms with Crippen LogP contribution in [-0.4, -0.2) is 68.2 Å². The number of anilines is 4. The van der Waals surface area contributed by atoms with E-state index >= 15 is 0 Å². The van der Waals surface area contributed by atoms with Gasteiger partial charge >= 0.3 is 0 Å². The van der Waals surface area contributed by atoms with E-state index in [2.05, 4.69) is 15.7 Å². The quantitative estimate of drug-likeness (QED) is 0.231. The van der Waals surface area contributed by atoms with E-state index in [4.69, 9.17) is 16.0 Å². The number of allylic oxidation sites excluding steroid dienone is 1. The number of nitrogens with two attached hydrogens (primary N) is 2. The second-order valence-corrected chi connectivity index (χ2v) is 8.80. The van der Waals surface area contributed by atoms with E-state index in [-0.39, 0.29) is 11.6 Å². The summed E-state index contributed by atoms with van der Waals surface area (Å²) in [4.78, 5) is 39.2. The van der Waals surface area contributed by atoms with E-state index < -0.39 is 5.91 Å². The number of aromatic nitrogens is 1. The second-order valence-electron chi connectivity index (χ2n) is 8.80. The van der Waals surface area contributed by atoms with E-state index in [0.717, 1.165) is 36.3 Å². The maximum atomic E-state index is 12.0. The normalized spacial score (nSPS) is 12.9. The molecule has 1 aromatic heterocycles. The predicted molar refractivity (Wildman–Crippen MR) is 149 cm³/mol. The molecule has 0 aliphatic carbocycles. The van der Waals surface area contributed by atoms with Crippen LogP contribution in [0.1, 0.15) is 12.5 Å². The average Bonchev–Trinajstić information content (AvgIpc) is 3.48. The molecule has 0 bridgehead atoms. The molecule has 2 heterocycles. The molecular weight excluding hydrogens is 488 g/mol. The molecule has 0 spiro atoms. The summed E-state index contributed by atoms with van der Waals surface area (Å²) in [6.45, 7) is 2.87. The number of rotatable bonds is 8. The van der Waals surface area contributed by atoms with Crippen LogP contribution in [-0.2, 0) is 20.8 Å². The highest BCUT2D eigenvalue weighted by molar-refractivity contribution is 6.42. The van der Waals surface area contributed by atoms with Gasteiger partial charge in [0.25, 0.3) is 5.91 Å². The molecule has 0 radical (unpaired) electrons. The molecule has 200 valence electrons. The van der Waals surface area contributed by atoms with Gasteiger partial charge in [-0.05, 0) is 75.5 Å². The van der Waals surface area contributed by atoms with Crippen molar-refractivity contribution < 1.29 is 18.9 Å². The smallest absolute Gasteiger partial charge is 0.269 e. The minimum absolute atomic E-state index is 0.0511. The molecule has 4 rings (SSSR count). The van der Waals surface area contributed by atoms with Crippen LogP contribution in [0.25, 0.3) is 11.0 Å². The maximum Gasteiger partial charge on any atom is 0.269 e. The Kier molecular flexibility index (Phi) is 9.17. The Bertz CT molecular complexity index is 1380. The summed E-state index contributed by atoms with van der Waals surface area (Å²) in [7, 11) is 5.52. The van der Waals surface area contributed by atoms with Crippen LogP contribution >= 0.6 is 0 Å². The van der Waals surface area contributed by atoms with Crippen LogP contribution < -0.4 is 26.7 Å². The summed E-state index contributed by atoms with van der Waals surface area (Å²) in [6.07, 6.45) is 4.89. The fraction of sp³-hybridized carbons (Fsp3) is 0.269. The van der Waals surface area contributed by atoms with E-state index in [1.807, 2.05) is 37.2 Å². The predicted octanol–water partition coefficient (Wildman–Crippen LogP) is 1.97. The molecule has 3 amide bonds. The van der Waals surface area contributed by atoms with E-state index in [0.29, 0.717) is 29.0 Å². The molecule has 1 aliphatic heterocycles. The fourth-order valence-corrected chi connectivity index (χ4v) is 3.74. The number of carbonyl (C=O) groups excluding carboxylic acids is 3. The number of likely N-dealkylation sites (N-methyl/N-ethyl adjacent to an activating group) is 2. The monoisotopic (exact) mass is 520 g/mol. The maximum absolute atomic E-state index is 12.0. The van der Waals surface area contributed by atoms with Crippen LogP contribution in [0, 0.1) is 0 Å². The number of nitrogens with one attached hydrogen (secondary N) is 1. The zero-order valence-electron chi connectivity index (χ0n) is 21.8. The molecule has 0 unspecified atom stereocenters. The van der Waals surface area contributed by atoms with Crippen molar-refractivity contribution in [2.45, 2.75) is 13.3 Å². The Balaban J connectivity index is 0.000000211. The van der Waals surface area contributed by atoms with Crippen LogP contribution in [0.4, 0.5) is 22.9 Å². The van der Waals surface area contributed by atoms with Crippen molar-refractivity contribution in [3.8, 4) is 0 Å². The van der Waals surface area contributed by atoms with Gasteiger partial charge < -0.3 is 30.7 Å². The Morgan fingerprint density at radius 1 is 1.21 bits per heavy atom. The summed E-state index contributed by atoms with van der Waals surface area (Å²) in [5.74, 6) is -0.266. The lowest BCUT2D eigenvalue weighted by atomic mass is 10.1. The number of hydrazone groups is 1. The number of nitrogen functional groups attached to an aromatic ring is 1. The van der Waals surface area contributed by atoms with Crippen LogP contribution in [0.15, 0.2) is 58.2 Å². The Hall–Kier alpha value is -4.71. The minimum atomic E-state index is -0.615. The summed E-state index contributed by atoms with van der Waals surface area (Å²) in [5, 5.41) is 8.23. The van der Waals surface area contributed by atoms with Gasteiger partial charge in [-0.1, -0.05) is 11.2 Å². The van der Waals surface area contributed by atoms with Gasteiger partial charge in [0.05, 0.1) is 17.6 Å². The number of nitrogens with zero attached hydrogens (tertiary/aromatic N) is 5. The molecule has 0 saturated heterocycles. The third-order valence-electron chi connectivity index (χ3n) is 5.71. The van der Waals surface area contributed by atoms with Gasteiger partial charge in [0.15, 0.2) is 11.4 Å². The molecule has 12 heteroatoms. The topological polar surface area (TPSA) is 163 Å². The van der Waals surface area contributed by atoms with E-state index in [1.165, 1.54) is 6.08 Å². The Morgan fingerprint density at radius 3 is 2.63 bits per heavy atom. The van der Waals surface area contributed by atoms with E-state index in [1.54, 1.807) is 48.0 Å². The highest BCUT2D eigenvalue weighted by Gasteiger charge is 2.20. The number of hydrogen-bond acceptors (Lipinski definition) is 9. The first-order valence-corrected chi connectivity index (χ1v) is 11.8. The highest BCUT2D eigenvalue weighted by atomic mass is 16.5. The minimum Gasteiger partial charge on any atom is -0.380 e. The molecule has 2 aromatic carbocycles.